The van der Waals surface area contributed by atoms with Crippen LogP contribution in [-0.2, 0) is 10.2 Å². The lowest BCUT2D eigenvalue weighted by Crippen LogP contribution is -2.33. The largest absolute Gasteiger partial charge is 0.481 e. The maximum absolute atomic E-state index is 13.0. The van der Waals surface area contributed by atoms with Gasteiger partial charge in [-0.25, -0.2) is 8.78 Å². The second kappa shape index (κ2) is 4.57. The van der Waals surface area contributed by atoms with E-state index in [1.165, 1.54) is 13.0 Å². The van der Waals surface area contributed by atoms with Gasteiger partial charge >= 0.3 is 5.97 Å². The van der Waals surface area contributed by atoms with E-state index in [1.807, 2.05) is 0 Å². The summed E-state index contributed by atoms with van der Waals surface area (Å²) in [5, 5.41) is 17.9. The second-order valence-electron chi connectivity index (χ2n) is 3.74. The molecular weight excluding hydrogens is 218 g/mol. The number of aliphatic hydroxyl groups excluding tert-OH is 1. The molecule has 1 rings (SSSR count). The van der Waals surface area contributed by atoms with Crippen LogP contribution >= 0.6 is 0 Å². The average molecular weight is 230 g/mol. The normalized spacial score (nSPS) is 14.5. The minimum absolute atomic E-state index is 0.0621. The van der Waals surface area contributed by atoms with E-state index in [9.17, 15) is 13.6 Å². The molecule has 0 aliphatic rings. The summed E-state index contributed by atoms with van der Waals surface area (Å²) in [6, 6.07) is 2.94. The third kappa shape index (κ3) is 2.19. The van der Waals surface area contributed by atoms with Gasteiger partial charge in [0.05, 0.1) is 5.41 Å². The van der Waals surface area contributed by atoms with Crippen molar-refractivity contribution in [1.29, 1.82) is 0 Å². The first-order valence-electron chi connectivity index (χ1n) is 4.71. The summed E-state index contributed by atoms with van der Waals surface area (Å²) in [5.41, 5.74) is -1.28. The van der Waals surface area contributed by atoms with Gasteiger partial charge < -0.3 is 10.2 Å². The number of rotatable bonds is 4. The van der Waals surface area contributed by atoms with Gasteiger partial charge in [-0.2, -0.15) is 0 Å². The molecule has 0 saturated heterocycles. The van der Waals surface area contributed by atoms with Crippen LogP contribution in [0.5, 0.6) is 0 Å². The fraction of sp³-hybridized carbons (Fsp3) is 0.364. The molecule has 3 nitrogen and oxygen atoms in total. The molecule has 16 heavy (non-hydrogen) atoms. The highest BCUT2D eigenvalue weighted by Gasteiger charge is 2.35. The first kappa shape index (κ1) is 12.6. The SMILES string of the molecule is CC(CCO)(C(=O)O)c1ccc(F)c(F)c1. The van der Waals surface area contributed by atoms with Crippen molar-refractivity contribution >= 4 is 5.97 Å². The van der Waals surface area contributed by atoms with Crippen molar-refractivity contribution in [3.63, 3.8) is 0 Å². The van der Waals surface area contributed by atoms with Crippen LogP contribution < -0.4 is 0 Å². The maximum Gasteiger partial charge on any atom is 0.313 e. The van der Waals surface area contributed by atoms with E-state index in [2.05, 4.69) is 0 Å². The molecule has 0 amide bonds. The van der Waals surface area contributed by atoms with Crippen molar-refractivity contribution in [3.8, 4) is 0 Å². The van der Waals surface area contributed by atoms with Gasteiger partial charge in [0.1, 0.15) is 0 Å². The molecule has 0 saturated carbocycles. The molecule has 1 aromatic rings. The number of aliphatic carboxylic acids is 1. The second-order valence-corrected chi connectivity index (χ2v) is 3.74. The molecule has 2 N–H and O–H groups in total. The smallest absolute Gasteiger partial charge is 0.313 e. The van der Waals surface area contributed by atoms with Crippen LogP contribution in [0.15, 0.2) is 18.2 Å². The summed E-state index contributed by atoms with van der Waals surface area (Å²) in [6.07, 6.45) is -0.0621. The standard InChI is InChI=1S/C11H12F2O3/c1-11(4-5-14,10(15)16)7-2-3-8(12)9(13)6-7/h2-3,6,14H,4-5H2,1H3,(H,15,16). The minimum Gasteiger partial charge on any atom is -0.481 e. The van der Waals surface area contributed by atoms with Gasteiger partial charge in [0.15, 0.2) is 11.6 Å². The predicted octanol–water partition coefficient (Wildman–Crippen LogP) is 1.69. The molecule has 0 bridgehead atoms. The van der Waals surface area contributed by atoms with Crippen LogP contribution in [0.2, 0.25) is 0 Å². The molecule has 0 aromatic heterocycles. The summed E-state index contributed by atoms with van der Waals surface area (Å²) in [4.78, 5) is 11.1. The third-order valence-corrected chi connectivity index (χ3v) is 2.64. The summed E-state index contributed by atoms with van der Waals surface area (Å²) in [5.74, 6) is -3.31. The van der Waals surface area contributed by atoms with E-state index < -0.39 is 23.0 Å². The number of carboxylic acids is 1. The van der Waals surface area contributed by atoms with Gasteiger partial charge in [-0.1, -0.05) is 6.07 Å². The number of hydrogen-bond donors (Lipinski definition) is 2. The van der Waals surface area contributed by atoms with Crippen molar-refractivity contribution in [1.82, 2.24) is 0 Å². The van der Waals surface area contributed by atoms with E-state index in [4.69, 9.17) is 10.2 Å². The first-order valence-corrected chi connectivity index (χ1v) is 4.71. The maximum atomic E-state index is 13.0. The molecule has 0 aliphatic heterocycles. The summed E-state index contributed by atoms with van der Waals surface area (Å²) >= 11 is 0. The third-order valence-electron chi connectivity index (χ3n) is 2.64. The van der Waals surface area contributed by atoms with Crippen LogP contribution in [0, 0.1) is 11.6 Å². The predicted molar refractivity (Wildman–Crippen MR) is 53.0 cm³/mol. The fourth-order valence-electron chi connectivity index (χ4n) is 1.44. The molecule has 1 aromatic carbocycles. The molecule has 0 radical (unpaired) electrons. The van der Waals surface area contributed by atoms with E-state index in [1.54, 1.807) is 0 Å². The van der Waals surface area contributed by atoms with E-state index >= 15 is 0 Å². The van der Waals surface area contributed by atoms with Crippen LogP contribution in [-0.4, -0.2) is 22.8 Å². The first-order chi connectivity index (χ1) is 7.41. The highest BCUT2D eigenvalue weighted by atomic mass is 19.2. The molecular formula is C11H12F2O3. The molecule has 1 atom stereocenters. The molecule has 1 unspecified atom stereocenters. The Morgan fingerprint density at radius 3 is 2.44 bits per heavy atom. The lowest BCUT2D eigenvalue weighted by molar-refractivity contribution is -0.143. The fourth-order valence-corrected chi connectivity index (χ4v) is 1.44. The molecule has 88 valence electrons. The number of carbonyl (C=O) groups is 1. The number of aliphatic hydroxyl groups is 1. The Balaban J connectivity index is 3.21. The molecule has 0 fully saturated rings. The Morgan fingerprint density at radius 1 is 1.38 bits per heavy atom. The molecule has 0 spiro atoms. The van der Waals surface area contributed by atoms with Gasteiger partial charge in [0.2, 0.25) is 0 Å². The Hall–Kier alpha value is -1.49. The Labute approximate surface area is 91.3 Å². The van der Waals surface area contributed by atoms with E-state index in [0.29, 0.717) is 0 Å². The lowest BCUT2D eigenvalue weighted by atomic mass is 9.80. The average Bonchev–Trinajstić information content (AvgIpc) is 2.22. The summed E-state index contributed by atoms with van der Waals surface area (Å²) < 4.78 is 25.7. The van der Waals surface area contributed by atoms with Crippen LogP contribution in [0.4, 0.5) is 8.78 Å². The number of benzene rings is 1. The lowest BCUT2D eigenvalue weighted by Gasteiger charge is -2.24. The topological polar surface area (TPSA) is 57.5 Å². The quantitative estimate of drug-likeness (QED) is 0.827. The zero-order chi connectivity index (χ0) is 12.3. The van der Waals surface area contributed by atoms with Crippen molar-refractivity contribution in [2.75, 3.05) is 6.61 Å². The van der Waals surface area contributed by atoms with Crippen molar-refractivity contribution in [2.45, 2.75) is 18.8 Å². The van der Waals surface area contributed by atoms with E-state index in [-0.39, 0.29) is 18.6 Å². The van der Waals surface area contributed by atoms with E-state index in [0.717, 1.165) is 12.1 Å². The number of hydrogen-bond acceptors (Lipinski definition) is 2. The van der Waals surface area contributed by atoms with Crippen molar-refractivity contribution in [3.05, 3.63) is 35.4 Å². The Bertz CT molecular complexity index is 406. The number of carboxylic acid groups (broad SMARTS) is 1. The van der Waals surface area contributed by atoms with Gasteiger partial charge in [0.25, 0.3) is 0 Å². The summed E-state index contributed by atoms with van der Waals surface area (Å²) in [7, 11) is 0. The number of halogens is 2. The van der Waals surface area contributed by atoms with Crippen LogP contribution in [0.1, 0.15) is 18.9 Å². The van der Waals surface area contributed by atoms with Gasteiger partial charge in [-0.05, 0) is 31.0 Å². The molecule has 5 heteroatoms. The zero-order valence-electron chi connectivity index (χ0n) is 8.70. The van der Waals surface area contributed by atoms with Gasteiger partial charge in [-0.3, -0.25) is 4.79 Å². The molecule has 0 aliphatic carbocycles. The van der Waals surface area contributed by atoms with Crippen molar-refractivity contribution in [2.24, 2.45) is 0 Å². The highest BCUT2D eigenvalue weighted by Crippen LogP contribution is 2.28. The monoisotopic (exact) mass is 230 g/mol. The van der Waals surface area contributed by atoms with Crippen LogP contribution in [0.25, 0.3) is 0 Å². The summed E-state index contributed by atoms with van der Waals surface area (Å²) in [6.45, 7) is 1.01. The van der Waals surface area contributed by atoms with Gasteiger partial charge in [0, 0.05) is 6.61 Å². The minimum atomic E-state index is -1.41. The highest BCUT2D eigenvalue weighted by molar-refractivity contribution is 5.80. The van der Waals surface area contributed by atoms with Crippen molar-refractivity contribution < 1.29 is 23.8 Å². The molecule has 0 heterocycles. The Morgan fingerprint density at radius 2 is 2.00 bits per heavy atom. The van der Waals surface area contributed by atoms with Gasteiger partial charge in [-0.15, -0.1) is 0 Å². The zero-order valence-corrected chi connectivity index (χ0v) is 8.70. The Kier molecular flexibility index (Phi) is 3.59. The van der Waals surface area contributed by atoms with Crippen LogP contribution in [0.3, 0.4) is 0 Å².